The average Bonchev–Trinajstić information content (AvgIpc) is 2.48. The summed E-state index contributed by atoms with van der Waals surface area (Å²) in [6, 6.07) is 10.7. The van der Waals surface area contributed by atoms with Crippen LogP contribution in [0, 0.1) is 0 Å². The number of hydrogen-bond acceptors (Lipinski definition) is 0. The van der Waals surface area contributed by atoms with Gasteiger partial charge in [0.25, 0.3) is 0 Å². The molecule has 0 amide bonds. The Labute approximate surface area is 137 Å². The molecule has 22 heavy (non-hydrogen) atoms. The molecule has 1 aromatic rings. The van der Waals surface area contributed by atoms with Gasteiger partial charge in [-0.15, -0.1) is 0 Å². The molecule has 0 saturated heterocycles. The minimum atomic E-state index is 1.15. The molecule has 0 aromatic heterocycles. The van der Waals surface area contributed by atoms with Crippen molar-refractivity contribution in [1.82, 2.24) is 0 Å². The number of hydrogen-bond donors (Lipinski definition) is 0. The van der Waals surface area contributed by atoms with Crippen LogP contribution in [0.25, 0.3) is 0 Å². The first-order valence-electron chi connectivity index (χ1n) is 8.56. The lowest BCUT2D eigenvalue weighted by Gasteiger charge is -2.02. The number of allylic oxidation sites excluding steroid dienone is 6. The van der Waals surface area contributed by atoms with Crippen LogP contribution in [-0.4, -0.2) is 0 Å². The third-order valence-electron chi connectivity index (χ3n) is 3.89. The van der Waals surface area contributed by atoms with Crippen molar-refractivity contribution >= 4 is 0 Å². The molecule has 120 valence electrons. The first kappa shape index (κ1) is 18.5. The van der Waals surface area contributed by atoms with Crippen LogP contribution >= 0.6 is 0 Å². The first-order chi connectivity index (χ1) is 10.6. The van der Waals surface area contributed by atoms with Crippen LogP contribution in [0.4, 0.5) is 0 Å². The smallest absolute Gasteiger partial charge is 0.0244 e. The molecule has 0 saturated carbocycles. The second kappa shape index (κ2) is 11.1. The molecule has 1 rings (SSSR count). The van der Waals surface area contributed by atoms with E-state index in [1.807, 2.05) is 0 Å². The molecule has 0 spiro atoms. The number of benzene rings is 1. The van der Waals surface area contributed by atoms with Crippen molar-refractivity contribution in [3.8, 4) is 0 Å². The van der Waals surface area contributed by atoms with Gasteiger partial charge in [0.2, 0.25) is 0 Å². The van der Waals surface area contributed by atoms with Gasteiger partial charge in [-0.05, 0) is 71.8 Å². The van der Waals surface area contributed by atoms with Crippen LogP contribution < -0.4 is 0 Å². The monoisotopic (exact) mass is 296 g/mol. The molecule has 0 bridgehead atoms. The van der Waals surface area contributed by atoms with E-state index in [0.717, 1.165) is 12.8 Å². The SMILES string of the molecule is CC(C)=CCCC(C)=CCCC(C)=CCCc1ccccc1. The van der Waals surface area contributed by atoms with Crippen molar-refractivity contribution in [1.29, 1.82) is 0 Å². The van der Waals surface area contributed by atoms with Crippen LogP contribution in [0.5, 0.6) is 0 Å². The van der Waals surface area contributed by atoms with E-state index in [4.69, 9.17) is 0 Å². The fraction of sp³-hybridized carbons (Fsp3) is 0.455. The van der Waals surface area contributed by atoms with E-state index in [1.165, 1.54) is 48.0 Å². The fourth-order valence-corrected chi connectivity index (χ4v) is 2.47. The third-order valence-corrected chi connectivity index (χ3v) is 3.89. The maximum Gasteiger partial charge on any atom is -0.0244 e. The Hall–Kier alpha value is -1.56. The van der Waals surface area contributed by atoms with Gasteiger partial charge in [0.15, 0.2) is 0 Å². The molecule has 0 atom stereocenters. The predicted molar refractivity (Wildman–Crippen MR) is 100 cm³/mol. The summed E-state index contributed by atoms with van der Waals surface area (Å²) in [4.78, 5) is 0. The molecule has 0 unspecified atom stereocenters. The van der Waals surface area contributed by atoms with E-state index in [1.54, 1.807) is 0 Å². The summed E-state index contributed by atoms with van der Waals surface area (Å²) in [6.45, 7) is 8.86. The summed E-state index contributed by atoms with van der Waals surface area (Å²) in [5.74, 6) is 0. The summed E-state index contributed by atoms with van der Waals surface area (Å²) < 4.78 is 0. The minimum absolute atomic E-state index is 1.15. The molecule has 0 N–H and O–H groups in total. The second-order valence-corrected chi connectivity index (χ2v) is 6.48. The normalized spacial score (nSPS) is 12.4. The van der Waals surface area contributed by atoms with Crippen molar-refractivity contribution in [2.45, 2.75) is 66.2 Å². The lowest BCUT2D eigenvalue weighted by molar-refractivity contribution is 0.903. The lowest BCUT2D eigenvalue weighted by Crippen LogP contribution is -1.84. The number of rotatable bonds is 9. The minimum Gasteiger partial charge on any atom is -0.0856 e. The Morgan fingerprint density at radius 2 is 1.27 bits per heavy atom. The molecule has 0 nitrogen and oxygen atoms in total. The van der Waals surface area contributed by atoms with Crippen molar-refractivity contribution in [2.24, 2.45) is 0 Å². The van der Waals surface area contributed by atoms with Crippen molar-refractivity contribution in [2.75, 3.05) is 0 Å². The van der Waals surface area contributed by atoms with Gasteiger partial charge in [-0.25, -0.2) is 0 Å². The Kier molecular flexibility index (Phi) is 9.30. The molecule has 0 aliphatic carbocycles. The van der Waals surface area contributed by atoms with Crippen molar-refractivity contribution < 1.29 is 0 Å². The zero-order chi connectivity index (χ0) is 16.2. The Morgan fingerprint density at radius 3 is 1.86 bits per heavy atom. The topological polar surface area (TPSA) is 0 Å². The van der Waals surface area contributed by atoms with Gasteiger partial charge in [-0.1, -0.05) is 65.3 Å². The van der Waals surface area contributed by atoms with Gasteiger partial charge in [0.1, 0.15) is 0 Å². The van der Waals surface area contributed by atoms with Crippen molar-refractivity contribution in [3.63, 3.8) is 0 Å². The largest absolute Gasteiger partial charge is 0.0856 e. The highest BCUT2D eigenvalue weighted by Crippen LogP contribution is 2.12. The van der Waals surface area contributed by atoms with Crippen LogP contribution in [0.15, 0.2) is 65.3 Å². The summed E-state index contributed by atoms with van der Waals surface area (Å²) in [5.41, 5.74) is 5.89. The molecule has 1 aromatic carbocycles. The average molecular weight is 296 g/mol. The maximum absolute atomic E-state index is 2.41. The molecular weight excluding hydrogens is 264 g/mol. The summed E-state index contributed by atoms with van der Waals surface area (Å²) in [7, 11) is 0. The van der Waals surface area contributed by atoms with Crippen LogP contribution in [0.2, 0.25) is 0 Å². The lowest BCUT2D eigenvalue weighted by atomic mass is 10.0. The first-order valence-corrected chi connectivity index (χ1v) is 8.56. The Morgan fingerprint density at radius 1 is 0.727 bits per heavy atom. The molecule has 0 heteroatoms. The van der Waals surface area contributed by atoms with E-state index in [-0.39, 0.29) is 0 Å². The molecule has 0 heterocycles. The van der Waals surface area contributed by atoms with Gasteiger partial charge in [0, 0.05) is 0 Å². The van der Waals surface area contributed by atoms with Crippen molar-refractivity contribution in [3.05, 3.63) is 70.8 Å². The van der Waals surface area contributed by atoms with Gasteiger partial charge >= 0.3 is 0 Å². The van der Waals surface area contributed by atoms with Crippen LogP contribution in [0.3, 0.4) is 0 Å². The zero-order valence-corrected chi connectivity index (χ0v) is 14.9. The van der Waals surface area contributed by atoms with Gasteiger partial charge in [-0.2, -0.15) is 0 Å². The highest BCUT2D eigenvalue weighted by molar-refractivity contribution is 5.15. The highest BCUT2D eigenvalue weighted by atomic mass is 14.0. The van der Waals surface area contributed by atoms with E-state index >= 15 is 0 Å². The summed E-state index contributed by atoms with van der Waals surface area (Å²) in [6.07, 6.45) is 14.2. The standard InChI is InChI=1S/C22H32/c1-19(2)11-8-12-20(3)13-9-14-21(4)15-10-18-22-16-6-5-7-17-22/h5-7,11,13,15-17H,8-10,12,14,18H2,1-4H3. The van der Waals surface area contributed by atoms with Crippen LogP contribution in [0.1, 0.15) is 65.4 Å². The van der Waals surface area contributed by atoms with E-state index in [0.29, 0.717) is 0 Å². The van der Waals surface area contributed by atoms with Gasteiger partial charge in [-0.3, -0.25) is 0 Å². The summed E-state index contributed by atoms with van der Waals surface area (Å²) in [5, 5.41) is 0. The van der Waals surface area contributed by atoms with E-state index in [2.05, 4.69) is 76.3 Å². The molecule has 0 fully saturated rings. The number of aryl methyl sites for hydroxylation is 1. The molecule has 0 aliphatic rings. The van der Waals surface area contributed by atoms with Gasteiger partial charge < -0.3 is 0 Å². The van der Waals surface area contributed by atoms with Gasteiger partial charge in [0.05, 0.1) is 0 Å². The summed E-state index contributed by atoms with van der Waals surface area (Å²) >= 11 is 0. The zero-order valence-electron chi connectivity index (χ0n) is 14.9. The fourth-order valence-electron chi connectivity index (χ4n) is 2.47. The molecule has 0 aliphatic heterocycles. The quantitative estimate of drug-likeness (QED) is 0.429. The maximum atomic E-state index is 2.41. The van der Waals surface area contributed by atoms with E-state index < -0.39 is 0 Å². The molecule has 0 radical (unpaired) electrons. The Bertz CT molecular complexity index is 496. The Balaban J connectivity index is 2.22. The molecular formula is C22H32. The van der Waals surface area contributed by atoms with E-state index in [9.17, 15) is 0 Å². The predicted octanol–water partition coefficient (Wildman–Crippen LogP) is 7.04. The second-order valence-electron chi connectivity index (χ2n) is 6.48. The van der Waals surface area contributed by atoms with Crippen LogP contribution in [-0.2, 0) is 6.42 Å². The highest BCUT2D eigenvalue weighted by Gasteiger charge is 1.93. The third kappa shape index (κ3) is 9.39.